The van der Waals surface area contributed by atoms with E-state index < -0.39 is 17.6 Å². The summed E-state index contributed by atoms with van der Waals surface area (Å²) in [4.78, 5) is 12.2. The summed E-state index contributed by atoms with van der Waals surface area (Å²) in [7, 11) is 0. The molecule has 3 atom stereocenters. The Bertz CT molecular complexity index is 571. The van der Waals surface area contributed by atoms with E-state index in [1.807, 2.05) is 0 Å². The highest BCUT2D eigenvalue weighted by Gasteiger charge is 2.40. The second-order valence-electron chi connectivity index (χ2n) is 6.05. The predicted octanol–water partition coefficient (Wildman–Crippen LogP) is 3.21. The summed E-state index contributed by atoms with van der Waals surface area (Å²) in [5, 5.41) is 2.86. The number of anilines is 1. The first kappa shape index (κ1) is 14.2. The van der Waals surface area contributed by atoms with E-state index in [1.54, 1.807) is 0 Å². The lowest BCUT2D eigenvalue weighted by Gasteiger charge is -2.23. The first-order chi connectivity index (χ1) is 9.84. The maximum atomic E-state index is 12.7. The normalized spacial score (nSPS) is 27.9. The number of carbonyl (C=O) groups is 1. The molecule has 21 heavy (non-hydrogen) atoms. The molecule has 3 nitrogen and oxygen atoms in total. The molecule has 0 heterocycles. The minimum atomic E-state index is -4.48. The van der Waals surface area contributed by atoms with Crippen LogP contribution in [0.25, 0.3) is 0 Å². The van der Waals surface area contributed by atoms with Crippen LogP contribution in [-0.4, -0.2) is 11.9 Å². The van der Waals surface area contributed by atoms with Crippen molar-refractivity contribution in [2.24, 2.45) is 11.8 Å². The van der Waals surface area contributed by atoms with E-state index in [0.29, 0.717) is 11.8 Å². The van der Waals surface area contributed by atoms with Gasteiger partial charge in [-0.2, -0.15) is 13.2 Å². The molecule has 2 saturated carbocycles. The van der Waals surface area contributed by atoms with E-state index >= 15 is 0 Å². The van der Waals surface area contributed by atoms with Crippen molar-refractivity contribution in [3.05, 3.63) is 29.3 Å². The Morgan fingerprint density at radius 1 is 1.24 bits per heavy atom. The fraction of sp³-hybridized carbons (Fsp3) is 0.533. The van der Waals surface area contributed by atoms with E-state index in [1.165, 1.54) is 6.42 Å². The third kappa shape index (κ3) is 2.71. The summed E-state index contributed by atoms with van der Waals surface area (Å²) >= 11 is 0. The molecule has 6 heteroatoms. The Balaban J connectivity index is 1.78. The van der Waals surface area contributed by atoms with Gasteiger partial charge in [0.05, 0.1) is 11.1 Å². The zero-order chi connectivity index (χ0) is 15.2. The van der Waals surface area contributed by atoms with Crippen molar-refractivity contribution in [3.8, 4) is 0 Å². The first-order valence-electron chi connectivity index (χ1n) is 7.12. The van der Waals surface area contributed by atoms with Gasteiger partial charge in [-0.15, -0.1) is 0 Å². The Hall–Kier alpha value is -1.72. The van der Waals surface area contributed by atoms with Crippen LogP contribution in [-0.2, 0) is 6.18 Å². The Morgan fingerprint density at radius 3 is 2.57 bits per heavy atom. The maximum absolute atomic E-state index is 12.7. The molecular formula is C15H17F3N2O. The number of carbonyl (C=O) groups excluding carboxylic acids is 1. The number of alkyl halides is 3. The van der Waals surface area contributed by atoms with E-state index in [9.17, 15) is 18.0 Å². The van der Waals surface area contributed by atoms with Crippen LogP contribution in [0.4, 0.5) is 18.9 Å². The molecule has 1 aromatic carbocycles. The van der Waals surface area contributed by atoms with E-state index in [-0.39, 0.29) is 17.3 Å². The molecule has 0 aliphatic heterocycles. The van der Waals surface area contributed by atoms with E-state index in [0.717, 1.165) is 37.5 Å². The molecule has 0 radical (unpaired) electrons. The molecule has 3 N–H and O–H groups in total. The molecule has 3 unspecified atom stereocenters. The highest BCUT2D eigenvalue weighted by molar-refractivity contribution is 5.99. The van der Waals surface area contributed by atoms with Crippen LogP contribution in [0.1, 0.15) is 41.6 Å². The summed E-state index contributed by atoms with van der Waals surface area (Å²) in [5.41, 5.74) is 4.79. The van der Waals surface area contributed by atoms with Gasteiger partial charge in [-0.1, -0.05) is 6.42 Å². The largest absolute Gasteiger partial charge is 0.416 e. The van der Waals surface area contributed by atoms with Crippen molar-refractivity contribution in [2.75, 3.05) is 5.73 Å². The van der Waals surface area contributed by atoms with Gasteiger partial charge in [0.1, 0.15) is 0 Å². The summed E-state index contributed by atoms with van der Waals surface area (Å²) < 4.78 is 38.2. The van der Waals surface area contributed by atoms with Gasteiger partial charge >= 0.3 is 6.18 Å². The molecule has 1 aromatic rings. The second-order valence-corrected chi connectivity index (χ2v) is 6.05. The lowest BCUT2D eigenvalue weighted by Crippen LogP contribution is -2.38. The smallest absolute Gasteiger partial charge is 0.398 e. The number of nitrogen functional groups attached to an aromatic ring is 1. The van der Waals surface area contributed by atoms with Gasteiger partial charge in [0.2, 0.25) is 0 Å². The number of hydrogen-bond acceptors (Lipinski definition) is 2. The van der Waals surface area contributed by atoms with Gasteiger partial charge < -0.3 is 11.1 Å². The molecule has 2 fully saturated rings. The lowest BCUT2D eigenvalue weighted by atomic mass is 9.95. The van der Waals surface area contributed by atoms with Gasteiger partial charge in [0, 0.05) is 11.7 Å². The minimum Gasteiger partial charge on any atom is -0.398 e. The molecule has 0 spiro atoms. The van der Waals surface area contributed by atoms with Crippen LogP contribution in [0.15, 0.2) is 18.2 Å². The maximum Gasteiger partial charge on any atom is 0.416 e. The number of fused-ring (bicyclic) bond motifs is 2. The molecule has 114 valence electrons. The Kier molecular flexibility index (Phi) is 3.34. The van der Waals surface area contributed by atoms with Gasteiger partial charge in [0.15, 0.2) is 0 Å². The highest BCUT2D eigenvalue weighted by atomic mass is 19.4. The number of benzene rings is 1. The highest BCUT2D eigenvalue weighted by Crippen LogP contribution is 2.44. The van der Waals surface area contributed by atoms with Crippen LogP contribution < -0.4 is 11.1 Å². The number of amides is 1. The van der Waals surface area contributed by atoms with E-state index in [4.69, 9.17) is 5.73 Å². The van der Waals surface area contributed by atoms with Gasteiger partial charge in [-0.05, 0) is 49.3 Å². The zero-order valence-corrected chi connectivity index (χ0v) is 11.4. The van der Waals surface area contributed by atoms with Crippen molar-refractivity contribution in [2.45, 2.75) is 37.9 Å². The number of nitrogens with two attached hydrogens (primary N) is 1. The topological polar surface area (TPSA) is 55.1 Å². The molecule has 2 aliphatic rings. The van der Waals surface area contributed by atoms with Gasteiger partial charge in [-0.3, -0.25) is 4.79 Å². The van der Waals surface area contributed by atoms with Crippen LogP contribution in [0.5, 0.6) is 0 Å². The molecule has 0 aromatic heterocycles. The van der Waals surface area contributed by atoms with Crippen LogP contribution >= 0.6 is 0 Å². The number of hydrogen-bond donors (Lipinski definition) is 2. The van der Waals surface area contributed by atoms with Gasteiger partial charge in [-0.25, -0.2) is 0 Å². The first-order valence-corrected chi connectivity index (χ1v) is 7.12. The quantitative estimate of drug-likeness (QED) is 0.824. The molecule has 3 rings (SSSR count). The predicted molar refractivity (Wildman–Crippen MR) is 72.6 cm³/mol. The second kappa shape index (κ2) is 4.93. The fourth-order valence-electron chi connectivity index (χ4n) is 3.60. The minimum absolute atomic E-state index is 0.0728. The van der Waals surface area contributed by atoms with Crippen LogP contribution in [0, 0.1) is 11.8 Å². The average Bonchev–Trinajstić information content (AvgIpc) is 2.99. The summed E-state index contributed by atoms with van der Waals surface area (Å²) in [5.74, 6) is 0.612. The van der Waals surface area contributed by atoms with Gasteiger partial charge in [0.25, 0.3) is 5.91 Å². The number of nitrogens with one attached hydrogen (secondary N) is 1. The molecule has 0 saturated heterocycles. The third-order valence-electron chi connectivity index (χ3n) is 4.68. The van der Waals surface area contributed by atoms with Crippen LogP contribution in [0.2, 0.25) is 0 Å². The molecule has 2 aliphatic carbocycles. The van der Waals surface area contributed by atoms with Crippen molar-refractivity contribution in [1.29, 1.82) is 0 Å². The SMILES string of the molecule is Nc1ccc(C(F)(F)F)cc1C(=O)NC1CC2CCC1C2. The summed E-state index contributed by atoms with van der Waals surface area (Å²) in [6.45, 7) is 0. The summed E-state index contributed by atoms with van der Waals surface area (Å²) in [6.07, 6.45) is -0.149. The standard InChI is InChI=1S/C15H17F3N2O/c16-15(17,18)10-3-4-12(19)11(7-10)14(21)20-13-6-8-1-2-9(13)5-8/h3-4,7-9,13H,1-2,5-6,19H2,(H,20,21). The number of rotatable bonds is 2. The zero-order valence-electron chi connectivity index (χ0n) is 11.4. The van der Waals surface area contributed by atoms with Crippen molar-refractivity contribution in [1.82, 2.24) is 5.32 Å². The summed E-state index contributed by atoms with van der Waals surface area (Å²) in [6, 6.07) is 2.94. The molecule has 1 amide bonds. The van der Waals surface area contributed by atoms with E-state index in [2.05, 4.69) is 5.32 Å². The fourth-order valence-corrected chi connectivity index (χ4v) is 3.60. The van der Waals surface area contributed by atoms with Crippen molar-refractivity contribution < 1.29 is 18.0 Å². The molecular weight excluding hydrogens is 281 g/mol. The Labute approximate surface area is 120 Å². The van der Waals surface area contributed by atoms with Crippen LogP contribution in [0.3, 0.4) is 0 Å². The number of halogens is 3. The Morgan fingerprint density at radius 2 is 2.00 bits per heavy atom. The third-order valence-corrected chi connectivity index (χ3v) is 4.68. The lowest BCUT2D eigenvalue weighted by molar-refractivity contribution is -0.137. The van der Waals surface area contributed by atoms with Crippen molar-refractivity contribution >= 4 is 11.6 Å². The van der Waals surface area contributed by atoms with Crippen molar-refractivity contribution in [3.63, 3.8) is 0 Å². The average molecular weight is 298 g/mol. The monoisotopic (exact) mass is 298 g/mol. The molecule has 2 bridgehead atoms.